The number of halogens is 1. The highest BCUT2D eigenvalue weighted by Gasteiger charge is 2.22. The maximum Gasteiger partial charge on any atom is 0.385 e. The molecule has 0 aliphatic heterocycles. The summed E-state index contributed by atoms with van der Waals surface area (Å²) in [6.45, 7) is -0.132. The van der Waals surface area contributed by atoms with Gasteiger partial charge in [-0.3, -0.25) is 14.9 Å². The fraction of sp³-hybridized carbons (Fsp3) is 0.300. The Hall–Kier alpha value is -2.11. The maximum absolute atomic E-state index is 12.9. The van der Waals surface area contributed by atoms with Crippen LogP contribution in [0.5, 0.6) is 0 Å². The second-order valence-corrected chi connectivity index (χ2v) is 5.16. The first-order valence-corrected chi connectivity index (χ1v) is 7.01. The first-order chi connectivity index (χ1) is 9.75. The quantitative estimate of drug-likeness (QED) is 0.514. The molecule has 3 N–H and O–H groups in total. The van der Waals surface area contributed by atoms with Gasteiger partial charge in [0.1, 0.15) is 5.82 Å². The third kappa shape index (κ3) is 5.41. The fourth-order valence-corrected chi connectivity index (χ4v) is 2.11. The minimum Gasteiger partial charge on any atom is -0.334 e. The summed E-state index contributed by atoms with van der Waals surface area (Å²) in [5.41, 5.74) is 4.27. The van der Waals surface area contributed by atoms with Crippen LogP contribution in [-0.2, 0) is 25.7 Å². The number of nitro groups is 1. The number of hydrogen-bond acceptors (Lipinski definition) is 7. The van der Waals surface area contributed by atoms with Gasteiger partial charge in [0.15, 0.2) is 0 Å². The number of rotatable bonds is 7. The van der Waals surface area contributed by atoms with Crippen LogP contribution in [0, 0.1) is 15.9 Å². The Morgan fingerprint density at radius 1 is 1.48 bits per heavy atom. The Labute approximate surface area is 119 Å². The molecule has 1 rings (SSSR count). The second-order valence-electron chi connectivity index (χ2n) is 3.80. The van der Waals surface area contributed by atoms with Gasteiger partial charge >= 0.3 is 16.3 Å². The highest BCUT2D eigenvalue weighted by molar-refractivity contribution is 7.85. The van der Waals surface area contributed by atoms with Gasteiger partial charge < -0.3 is 9.92 Å². The van der Waals surface area contributed by atoms with Crippen molar-refractivity contribution in [3.63, 3.8) is 0 Å². The van der Waals surface area contributed by atoms with Crippen LogP contribution in [0.15, 0.2) is 18.2 Å². The van der Waals surface area contributed by atoms with Crippen molar-refractivity contribution in [3.05, 3.63) is 39.7 Å². The molecule has 0 saturated heterocycles. The summed E-state index contributed by atoms with van der Waals surface area (Å²) >= 11 is 0. The van der Waals surface area contributed by atoms with Gasteiger partial charge in [-0.2, -0.15) is 13.1 Å². The third-order valence-corrected chi connectivity index (χ3v) is 3.17. The number of nitrogens with one attached hydrogen (secondary N) is 1. The Morgan fingerprint density at radius 3 is 2.71 bits per heavy atom. The van der Waals surface area contributed by atoms with Gasteiger partial charge in [-0.25, -0.2) is 4.39 Å². The monoisotopic (exact) mass is 321 g/mol. The summed E-state index contributed by atoms with van der Waals surface area (Å²) in [7, 11) is -4.33. The van der Waals surface area contributed by atoms with Gasteiger partial charge in [0.05, 0.1) is 17.4 Å². The van der Waals surface area contributed by atoms with Crippen molar-refractivity contribution >= 4 is 22.0 Å². The van der Waals surface area contributed by atoms with Crippen molar-refractivity contribution in [2.24, 2.45) is 5.73 Å². The van der Waals surface area contributed by atoms with Gasteiger partial charge in [0.25, 0.3) is 5.69 Å². The van der Waals surface area contributed by atoms with Gasteiger partial charge in [0.2, 0.25) is 0 Å². The van der Waals surface area contributed by atoms with E-state index in [0.717, 1.165) is 12.1 Å². The zero-order chi connectivity index (χ0) is 16.0. The van der Waals surface area contributed by atoms with E-state index in [1.54, 1.807) is 0 Å². The molecule has 0 aliphatic carbocycles. The molecule has 0 unspecified atom stereocenters. The van der Waals surface area contributed by atoms with Crippen molar-refractivity contribution < 1.29 is 26.7 Å². The number of benzene rings is 1. The van der Waals surface area contributed by atoms with Crippen molar-refractivity contribution in [2.45, 2.75) is 6.42 Å². The summed E-state index contributed by atoms with van der Waals surface area (Å²) in [4.78, 5) is 21.3. The van der Waals surface area contributed by atoms with E-state index in [0.29, 0.717) is 6.07 Å². The van der Waals surface area contributed by atoms with Gasteiger partial charge in [-0.15, -0.1) is 0 Å². The van der Waals surface area contributed by atoms with Crippen LogP contribution in [0.2, 0.25) is 0 Å². The molecule has 116 valence electrons. The number of carbonyl (C=O) groups excluding carboxylic acids is 1. The van der Waals surface area contributed by atoms with Gasteiger partial charge in [0, 0.05) is 18.7 Å². The van der Waals surface area contributed by atoms with E-state index in [1.165, 1.54) is 0 Å². The third-order valence-electron chi connectivity index (χ3n) is 2.20. The summed E-state index contributed by atoms with van der Waals surface area (Å²) in [6.07, 6.45) is -0.694. The molecule has 0 aromatic heterocycles. The number of carbonyl (C=O) groups is 1. The minimum atomic E-state index is -4.33. The normalized spacial score (nSPS) is 11.1. The lowest BCUT2D eigenvalue weighted by Crippen LogP contribution is -2.32. The average molecular weight is 321 g/mol. The highest BCUT2D eigenvalue weighted by atomic mass is 32.2. The fourth-order valence-electron chi connectivity index (χ4n) is 1.38. The lowest BCUT2D eigenvalue weighted by molar-refractivity contribution is -0.385. The number of hydrogen-bond donors (Lipinski definition) is 2. The SMILES string of the molecule is NCCNS(=O)(=O)OC(=O)Cc1ccc(F)cc1[N+](=O)[O-]. The van der Waals surface area contributed by atoms with E-state index in [2.05, 4.69) is 4.18 Å². The van der Waals surface area contributed by atoms with Crippen LogP contribution in [0.1, 0.15) is 5.56 Å². The molecular formula is C10H12FN3O6S. The zero-order valence-electron chi connectivity index (χ0n) is 10.6. The van der Waals surface area contributed by atoms with E-state index in [-0.39, 0.29) is 18.7 Å². The van der Waals surface area contributed by atoms with Crippen molar-refractivity contribution in [1.82, 2.24) is 4.72 Å². The molecular weight excluding hydrogens is 309 g/mol. The lowest BCUT2D eigenvalue weighted by Gasteiger charge is -2.06. The molecule has 0 aliphatic rings. The molecule has 1 aromatic carbocycles. The molecule has 0 fully saturated rings. The van der Waals surface area contributed by atoms with Crippen LogP contribution in [0.25, 0.3) is 0 Å². The predicted octanol–water partition coefficient (Wildman–Crippen LogP) is -0.387. The van der Waals surface area contributed by atoms with Crippen LogP contribution in [0.4, 0.5) is 10.1 Å². The zero-order valence-corrected chi connectivity index (χ0v) is 11.4. The molecule has 0 atom stereocenters. The number of nitrogens with two attached hydrogens (primary N) is 1. The molecule has 0 radical (unpaired) electrons. The highest BCUT2D eigenvalue weighted by Crippen LogP contribution is 2.20. The first kappa shape index (κ1) is 16.9. The molecule has 21 heavy (non-hydrogen) atoms. The van der Waals surface area contributed by atoms with Gasteiger partial charge in [-0.1, -0.05) is 0 Å². The summed E-state index contributed by atoms with van der Waals surface area (Å²) in [5, 5.41) is 10.7. The van der Waals surface area contributed by atoms with Crippen LogP contribution in [-0.4, -0.2) is 32.4 Å². The number of nitro benzene ring substituents is 1. The van der Waals surface area contributed by atoms with Crippen molar-refractivity contribution in [1.29, 1.82) is 0 Å². The van der Waals surface area contributed by atoms with Crippen LogP contribution < -0.4 is 10.5 Å². The van der Waals surface area contributed by atoms with E-state index < -0.39 is 39.1 Å². The Balaban J connectivity index is 2.82. The molecule has 0 saturated carbocycles. The standard InChI is InChI=1S/C10H12FN3O6S/c11-8-2-1-7(9(6-8)14(16)17)5-10(15)20-21(18,19)13-4-3-12/h1-2,6,13H,3-5,12H2. The Morgan fingerprint density at radius 2 is 2.14 bits per heavy atom. The van der Waals surface area contributed by atoms with E-state index in [1.807, 2.05) is 4.72 Å². The molecule has 11 heteroatoms. The van der Waals surface area contributed by atoms with E-state index in [9.17, 15) is 27.7 Å². The molecule has 0 bridgehead atoms. The topological polar surface area (TPSA) is 142 Å². The molecule has 0 amide bonds. The van der Waals surface area contributed by atoms with Gasteiger partial charge in [-0.05, 0) is 12.1 Å². The summed E-state index contributed by atoms with van der Waals surface area (Å²) in [6, 6.07) is 2.55. The first-order valence-electron chi connectivity index (χ1n) is 5.60. The predicted molar refractivity (Wildman–Crippen MR) is 68.8 cm³/mol. The van der Waals surface area contributed by atoms with E-state index >= 15 is 0 Å². The minimum absolute atomic E-state index is 0.000213. The lowest BCUT2D eigenvalue weighted by atomic mass is 10.1. The van der Waals surface area contributed by atoms with Crippen molar-refractivity contribution in [3.8, 4) is 0 Å². The molecule has 0 spiro atoms. The smallest absolute Gasteiger partial charge is 0.334 e. The Kier molecular flexibility index (Phi) is 5.69. The van der Waals surface area contributed by atoms with Crippen LogP contribution in [0.3, 0.4) is 0 Å². The average Bonchev–Trinajstić information content (AvgIpc) is 2.37. The van der Waals surface area contributed by atoms with Crippen LogP contribution >= 0.6 is 0 Å². The number of nitrogens with zero attached hydrogens (tertiary/aromatic N) is 1. The largest absolute Gasteiger partial charge is 0.385 e. The summed E-state index contributed by atoms with van der Waals surface area (Å²) in [5.74, 6) is -2.09. The Bertz CT molecular complexity index is 648. The molecule has 0 heterocycles. The molecule has 9 nitrogen and oxygen atoms in total. The molecule has 1 aromatic rings. The second kappa shape index (κ2) is 7.06. The van der Waals surface area contributed by atoms with E-state index in [4.69, 9.17) is 5.73 Å². The summed E-state index contributed by atoms with van der Waals surface area (Å²) < 4.78 is 41.5. The van der Waals surface area contributed by atoms with Crippen molar-refractivity contribution in [2.75, 3.05) is 13.1 Å². The maximum atomic E-state index is 12.9.